The van der Waals surface area contributed by atoms with Crippen molar-refractivity contribution in [3.05, 3.63) is 45.5 Å². The van der Waals surface area contributed by atoms with Crippen LogP contribution in [0.3, 0.4) is 0 Å². The Morgan fingerprint density at radius 3 is 2.76 bits per heavy atom. The van der Waals surface area contributed by atoms with E-state index in [1.165, 1.54) is 12.1 Å². The molecule has 0 amide bonds. The van der Waals surface area contributed by atoms with Crippen molar-refractivity contribution >= 4 is 21.6 Å². The minimum absolute atomic E-state index is 0.264. The topological polar surface area (TPSA) is 38.1 Å². The smallest absolute Gasteiger partial charge is 0.138 e. The highest BCUT2D eigenvalue weighted by molar-refractivity contribution is 9.10. The maximum Gasteiger partial charge on any atom is 0.138 e. The van der Waals surface area contributed by atoms with Gasteiger partial charge in [0.2, 0.25) is 0 Å². The van der Waals surface area contributed by atoms with Crippen LogP contribution in [0.15, 0.2) is 27.2 Å². The van der Waals surface area contributed by atoms with Crippen molar-refractivity contribution in [2.24, 2.45) is 0 Å². The summed E-state index contributed by atoms with van der Waals surface area (Å²) in [5.41, 5.74) is 2.74. The standard InChI is InChI=1S/C12H12BrFN2O/c1-7-10(8(2)17-16-7)6-15-12-4-3-9(14)5-11(12)13/h3-5,15H,6H2,1-2H3. The van der Waals surface area contributed by atoms with Gasteiger partial charge in [0.1, 0.15) is 11.6 Å². The van der Waals surface area contributed by atoms with Crippen LogP contribution in [0.2, 0.25) is 0 Å². The molecule has 1 aromatic heterocycles. The van der Waals surface area contributed by atoms with Crippen LogP contribution in [-0.4, -0.2) is 5.16 Å². The van der Waals surface area contributed by atoms with Crippen LogP contribution >= 0.6 is 15.9 Å². The number of benzene rings is 1. The van der Waals surface area contributed by atoms with Crippen LogP contribution in [0, 0.1) is 19.7 Å². The molecule has 1 N–H and O–H groups in total. The average molecular weight is 299 g/mol. The van der Waals surface area contributed by atoms with E-state index in [9.17, 15) is 4.39 Å². The summed E-state index contributed by atoms with van der Waals surface area (Å²) in [7, 11) is 0. The predicted molar refractivity (Wildman–Crippen MR) is 67.4 cm³/mol. The van der Waals surface area contributed by atoms with Crippen molar-refractivity contribution in [2.75, 3.05) is 5.32 Å². The minimum Gasteiger partial charge on any atom is -0.380 e. The van der Waals surface area contributed by atoms with Crippen molar-refractivity contribution < 1.29 is 8.91 Å². The van der Waals surface area contributed by atoms with E-state index in [1.54, 1.807) is 6.07 Å². The highest BCUT2D eigenvalue weighted by Gasteiger charge is 2.09. The molecule has 0 spiro atoms. The second kappa shape index (κ2) is 4.87. The van der Waals surface area contributed by atoms with Gasteiger partial charge in [-0.2, -0.15) is 0 Å². The molecule has 0 bridgehead atoms. The van der Waals surface area contributed by atoms with Crippen LogP contribution in [-0.2, 0) is 6.54 Å². The van der Waals surface area contributed by atoms with Crippen LogP contribution in [0.25, 0.3) is 0 Å². The minimum atomic E-state index is -0.264. The summed E-state index contributed by atoms with van der Waals surface area (Å²) in [5.74, 6) is 0.535. The van der Waals surface area contributed by atoms with Gasteiger partial charge in [0.25, 0.3) is 0 Å². The van der Waals surface area contributed by atoms with Gasteiger partial charge in [-0.05, 0) is 48.0 Å². The van der Waals surface area contributed by atoms with E-state index in [0.717, 1.165) is 22.7 Å². The summed E-state index contributed by atoms with van der Waals surface area (Å²) >= 11 is 3.31. The normalized spacial score (nSPS) is 10.6. The molecule has 0 aliphatic heterocycles. The van der Waals surface area contributed by atoms with Crippen molar-refractivity contribution in [2.45, 2.75) is 20.4 Å². The highest BCUT2D eigenvalue weighted by Crippen LogP contribution is 2.24. The van der Waals surface area contributed by atoms with Crippen LogP contribution < -0.4 is 5.32 Å². The molecule has 0 fully saturated rings. The number of nitrogens with one attached hydrogen (secondary N) is 1. The van der Waals surface area contributed by atoms with Gasteiger partial charge in [0.05, 0.1) is 5.69 Å². The zero-order chi connectivity index (χ0) is 12.4. The Labute approximate surface area is 107 Å². The Morgan fingerprint density at radius 2 is 2.18 bits per heavy atom. The van der Waals surface area contributed by atoms with Gasteiger partial charge in [0.15, 0.2) is 0 Å². The molecular formula is C12H12BrFN2O. The fraction of sp³-hybridized carbons (Fsp3) is 0.250. The van der Waals surface area contributed by atoms with Gasteiger partial charge in [-0.15, -0.1) is 0 Å². The van der Waals surface area contributed by atoms with Gasteiger partial charge in [-0.3, -0.25) is 0 Å². The van der Waals surface area contributed by atoms with Crippen molar-refractivity contribution in [1.29, 1.82) is 0 Å². The Balaban J connectivity index is 2.13. The Hall–Kier alpha value is -1.36. The van der Waals surface area contributed by atoms with Crippen LogP contribution in [0.1, 0.15) is 17.0 Å². The molecule has 1 aromatic carbocycles. The fourth-order valence-corrected chi connectivity index (χ4v) is 2.06. The Morgan fingerprint density at radius 1 is 1.41 bits per heavy atom. The molecule has 2 aromatic rings. The van der Waals surface area contributed by atoms with E-state index in [2.05, 4.69) is 26.4 Å². The first-order chi connectivity index (χ1) is 8.08. The Kier molecular flexibility index (Phi) is 3.47. The first-order valence-corrected chi connectivity index (χ1v) is 5.98. The van der Waals surface area contributed by atoms with Crippen molar-refractivity contribution in [3.8, 4) is 0 Å². The third kappa shape index (κ3) is 2.66. The monoisotopic (exact) mass is 298 g/mol. The van der Waals surface area contributed by atoms with E-state index >= 15 is 0 Å². The molecule has 2 rings (SSSR count). The number of hydrogen-bond acceptors (Lipinski definition) is 3. The van der Waals surface area contributed by atoms with E-state index in [0.29, 0.717) is 11.0 Å². The lowest BCUT2D eigenvalue weighted by molar-refractivity contribution is 0.392. The second-order valence-electron chi connectivity index (χ2n) is 3.78. The summed E-state index contributed by atoms with van der Waals surface area (Å²) in [6.45, 7) is 4.37. The number of aromatic nitrogens is 1. The Bertz CT molecular complexity index is 520. The van der Waals surface area contributed by atoms with Gasteiger partial charge in [-0.25, -0.2) is 4.39 Å². The van der Waals surface area contributed by atoms with Gasteiger partial charge in [-0.1, -0.05) is 5.16 Å². The van der Waals surface area contributed by atoms with Gasteiger partial charge < -0.3 is 9.84 Å². The molecule has 0 aliphatic carbocycles. The largest absolute Gasteiger partial charge is 0.380 e. The first-order valence-electron chi connectivity index (χ1n) is 5.18. The molecule has 0 saturated heterocycles. The third-order valence-electron chi connectivity index (χ3n) is 2.57. The summed E-state index contributed by atoms with van der Waals surface area (Å²) in [4.78, 5) is 0. The van der Waals surface area contributed by atoms with Crippen molar-refractivity contribution in [1.82, 2.24) is 5.16 Å². The summed E-state index contributed by atoms with van der Waals surface area (Å²) in [6.07, 6.45) is 0. The number of aryl methyl sites for hydroxylation is 2. The SMILES string of the molecule is Cc1noc(C)c1CNc1ccc(F)cc1Br. The molecular weight excluding hydrogens is 287 g/mol. The van der Waals surface area contributed by atoms with E-state index in [1.807, 2.05) is 13.8 Å². The van der Waals surface area contributed by atoms with Gasteiger partial charge in [0, 0.05) is 22.3 Å². The van der Waals surface area contributed by atoms with Crippen LogP contribution in [0.5, 0.6) is 0 Å². The molecule has 17 heavy (non-hydrogen) atoms. The number of halogens is 2. The fourth-order valence-electron chi connectivity index (χ4n) is 1.57. The molecule has 0 saturated carbocycles. The molecule has 3 nitrogen and oxygen atoms in total. The van der Waals surface area contributed by atoms with E-state index < -0.39 is 0 Å². The maximum absolute atomic E-state index is 12.9. The molecule has 5 heteroatoms. The highest BCUT2D eigenvalue weighted by atomic mass is 79.9. The van der Waals surface area contributed by atoms with Crippen LogP contribution in [0.4, 0.5) is 10.1 Å². The number of hydrogen-bond donors (Lipinski definition) is 1. The summed E-state index contributed by atoms with van der Waals surface area (Å²) in [6, 6.07) is 4.54. The molecule has 0 unspecified atom stereocenters. The van der Waals surface area contributed by atoms with E-state index in [4.69, 9.17) is 4.52 Å². The average Bonchev–Trinajstić information content (AvgIpc) is 2.58. The lowest BCUT2D eigenvalue weighted by atomic mass is 10.2. The maximum atomic E-state index is 12.9. The van der Waals surface area contributed by atoms with Crippen molar-refractivity contribution in [3.63, 3.8) is 0 Å². The molecule has 0 aliphatic rings. The lowest BCUT2D eigenvalue weighted by Crippen LogP contribution is -2.02. The second-order valence-corrected chi connectivity index (χ2v) is 4.63. The summed E-state index contributed by atoms with van der Waals surface area (Å²) < 4.78 is 18.7. The quantitative estimate of drug-likeness (QED) is 0.936. The number of rotatable bonds is 3. The molecule has 90 valence electrons. The van der Waals surface area contributed by atoms with Gasteiger partial charge >= 0.3 is 0 Å². The number of nitrogens with zero attached hydrogens (tertiary/aromatic N) is 1. The molecule has 0 radical (unpaired) electrons. The molecule has 0 atom stereocenters. The third-order valence-corrected chi connectivity index (χ3v) is 3.22. The predicted octanol–water partition coefficient (Wildman–Crippen LogP) is 3.81. The van der Waals surface area contributed by atoms with E-state index in [-0.39, 0.29) is 5.82 Å². The zero-order valence-electron chi connectivity index (χ0n) is 9.55. The molecule has 1 heterocycles. The first kappa shape index (κ1) is 12.1. The zero-order valence-corrected chi connectivity index (χ0v) is 11.1. The lowest BCUT2D eigenvalue weighted by Gasteiger charge is -2.08. The summed E-state index contributed by atoms with van der Waals surface area (Å²) in [5, 5.41) is 7.09. The number of anilines is 1.